The van der Waals surface area contributed by atoms with E-state index >= 15 is 0 Å². The zero-order valence-corrected chi connectivity index (χ0v) is 13.5. The first kappa shape index (κ1) is 17.0. The lowest BCUT2D eigenvalue weighted by Crippen LogP contribution is -2.41. The van der Waals surface area contributed by atoms with Crippen LogP contribution in [0, 0.1) is 0 Å². The van der Waals surface area contributed by atoms with Gasteiger partial charge in [0.05, 0.1) is 0 Å². The molecule has 2 rings (SSSR count). The van der Waals surface area contributed by atoms with Crippen LogP contribution in [0.1, 0.15) is 44.2 Å². The second kappa shape index (κ2) is 6.81. The highest BCUT2D eigenvalue weighted by Gasteiger charge is 2.48. The number of carboxylic acid groups (broad SMARTS) is 1. The van der Waals surface area contributed by atoms with E-state index in [-0.39, 0.29) is 18.9 Å². The first-order valence-electron chi connectivity index (χ1n) is 7.84. The molecule has 1 aromatic rings. The van der Waals surface area contributed by atoms with Gasteiger partial charge in [-0.25, -0.2) is 4.79 Å². The Balaban J connectivity index is 2.07. The smallest absolute Gasteiger partial charge is 0.325 e. The molecule has 23 heavy (non-hydrogen) atoms. The minimum absolute atomic E-state index is 0.0411. The van der Waals surface area contributed by atoms with Gasteiger partial charge in [-0.3, -0.25) is 14.5 Å². The Morgan fingerprint density at radius 1 is 1.22 bits per heavy atom. The van der Waals surface area contributed by atoms with Crippen LogP contribution in [0.5, 0.6) is 0 Å². The van der Waals surface area contributed by atoms with Crippen LogP contribution in [-0.4, -0.2) is 34.5 Å². The molecule has 0 bridgehead atoms. The number of imide groups is 1. The Hall–Kier alpha value is -2.37. The van der Waals surface area contributed by atoms with Gasteiger partial charge in [0.2, 0.25) is 0 Å². The third kappa shape index (κ3) is 3.52. The molecule has 1 atom stereocenters. The number of hydrogen-bond acceptors (Lipinski definition) is 3. The van der Waals surface area contributed by atoms with Crippen molar-refractivity contribution in [3.63, 3.8) is 0 Å². The Labute approximate surface area is 135 Å². The van der Waals surface area contributed by atoms with Crippen LogP contribution in [0.3, 0.4) is 0 Å². The van der Waals surface area contributed by atoms with Crippen LogP contribution in [0.4, 0.5) is 4.79 Å². The molecule has 6 nitrogen and oxygen atoms in total. The quantitative estimate of drug-likeness (QED) is 0.596. The Bertz CT molecular complexity index is 612. The van der Waals surface area contributed by atoms with Crippen molar-refractivity contribution in [2.24, 2.45) is 0 Å². The van der Waals surface area contributed by atoms with Crippen LogP contribution in [0.25, 0.3) is 0 Å². The number of hydrogen-bond donors (Lipinski definition) is 2. The van der Waals surface area contributed by atoms with E-state index in [2.05, 4.69) is 12.2 Å². The average molecular weight is 318 g/mol. The number of benzene rings is 1. The van der Waals surface area contributed by atoms with Gasteiger partial charge in [0, 0.05) is 13.0 Å². The van der Waals surface area contributed by atoms with Crippen LogP contribution in [0.15, 0.2) is 24.3 Å². The van der Waals surface area contributed by atoms with Crippen molar-refractivity contribution in [1.82, 2.24) is 10.2 Å². The number of unbranched alkanes of at least 4 members (excludes halogenated alkanes) is 1. The van der Waals surface area contributed by atoms with Gasteiger partial charge in [-0.05, 0) is 37.3 Å². The molecule has 0 aromatic heterocycles. The minimum Gasteiger partial charge on any atom is -0.481 e. The van der Waals surface area contributed by atoms with Crippen molar-refractivity contribution in [1.29, 1.82) is 0 Å². The third-order valence-electron chi connectivity index (χ3n) is 4.24. The molecule has 0 saturated carbocycles. The number of carboxylic acids is 1. The predicted molar refractivity (Wildman–Crippen MR) is 84.9 cm³/mol. The van der Waals surface area contributed by atoms with Crippen molar-refractivity contribution in [2.45, 2.75) is 45.1 Å². The maximum absolute atomic E-state index is 12.6. The molecule has 1 fully saturated rings. The topological polar surface area (TPSA) is 86.7 Å². The van der Waals surface area contributed by atoms with Crippen molar-refractivity contribution in [3.05, 3.63) is 35.4 Å². The molecule has 0 radical (unpaired) electrons. The molecular formula is C17H22N2O4. The maximum atomic E-state index is 12.6. The van der Waals surface area contributed by atoms with Gasteiger partial charge in [-0.1, -0.05) is 31.2 Å². The van der Waals surface area contributed by atoms with Crippen molar-refractivity contribution >= 4 is 17.9 Å². The van der Waals surface area contributed by atoms with Gasteiger partial charge in [-0.2, -0.15) is 0 Å². The molecule has 1 unspecified atom stereocenters. The summed E-state index contributed by atoms with van der Waals surface area (Å²) in [6, 6.07) is 7.22. The molecule has 0 aliphatic carbocycles. The van der Waals surface area contributed by atoms with Gasteiger partial charge < -0.3 is 10.4 Å². The summed E-state index contributed by atoms with van der Waals surface area (Å²) < 4.78 is 0. The van der Waals surface area contributed by atoms with Crippen LogP contribution >= 0.6 is 0 Å². The molecule has 1 aliphatic heterocycles. The Morgan fingerprint density at radius 3 is 2.43 bits per heavy atom. The molecule has 3 amide bonds. The van der Waals surface area contributed by atoms with Gasteiger partial charge in [0.25, 0.3) is 5.91 Å². The maximum Gasteiger partial charge on any atom is 0.325 e. The molecular weight excluding hydrogens is 296 g/mol. The Morgan fingerprint density at radius 2 is 1.87 bits per heavy atom. The lowest BCUT2D eigenvalue weighted by atomic mass is 9.91. The molecule has 124 valence electrons. The number of amides is 3. The van der Waals surface area contributed by atoms with E-state index in [1.807, 2.05) is 24.3 Å². The van der Waals surface area contributed by atoms with Gasteiger partial charge >= 0.3 is 12.0 Å². The van der Waals surface area contributed by atoms with E-state index in [0.717, 1.165) is 12.0 Å². The lowest BCUT2D eigenvalue weighted by molar-refractivity contribution is -0.137. The molecule has 0 spiro atoms. The van der Waals surface area contributed by atoms with Crippen molar-refractivity contribution < 1.29 is 19.5 Å². The summed E-state index contributed by atoms with van der Waals surface area (Å²) in [5, 5.41) is 11.4. The summed E-state index contributed by atoms with van der Waals surface area (Å²) in [6.45, 7) is 3.99. The Kier molecular flexibility index (Phi) is 5.03. The summed E-state index contributed by atoms with van der Waals surface area (Å²) in [6.07, 6.45) is 1.87. The fourth-order valence-electron chi connectivity index (χ4n) is 2.72. The summed E-state index contributed by atoms with van der Waals surface area (Å²) in [4.78, 5) is 36.4. The van der Waals surface area contributed by atoms with E-state index < -0.39 is 17.5 Å². The van der Waals surface area contributed by atoms with Crippen LogP contribution < -0.4 is 5.32 Å². The highest BCUT2D eigenvalue weighted by molar-refractivity contribution is 6.07. The molecule has 1 aromatic carbocycles. The van der Waals surface area contributed by atoms with Crippen LogP contribution in [0.2, 0.25) is 0 Å². The zero-order valence-electron chi connectivity index (χ0n) is 13.5. The largest absolute Gasteiger partial charge is 0.481 e. The molecule has 1 aliphatic rings. The van der Waals surface area contributed by atoms with Crippen LogP contribution in [-0.2, 0) is 21.5 Å². The standard InChI is InChI=1S/C17H22N2O4/c1-3-12-7-9-13(10-8-12)17(2)15(22)19(16(23)18-17)11-5-4-6-14(20)21/h7-10H,3-6,11H2,1-2H3,(H,18,23)(H,20,21). The number of carbonyl (C=O) groups is 3. The lowest BCUT2D eigenvalue weighted by Gasteiger charge is -2.22. The van der Waals surface area contributed by atoms with E-state index in [1.165, 1.54) is 10.5 Å². The highest BCUT2D eigenvalue weighted by atomic mass is 16.4. The number of aryl methyl sites for hydroxylation is 1. The van der Waals surface area contributed by atoms with E-state index in [1.54, 1.807) is 6.92 Å². The molecule has 1 heterocycles. The normalized spacial score (nSPS) is 20.7. The van der Waals surface area contributed by atoms with Crippen molar-refractivity contribution in [3.8, 4) is 0 Å². The first-order valence-corrected chi connectivity index (χ1v) is 7.84. The number of nitrogens with zero attached hydrogens (tertiary/aromatic N) is 1. The number of carbonyl (C=O) groups excluding carboxylic acids is 2. The second-order valence-electron chi connectivity index (χ2n) is 5.91. The fraction of sp³-hybridized carbons (Fsp3) is 0.471. The van der Waals surface area contributed by atoms with Gasteiger partial charge in [0.1, 0.15) is 5.54 Å². The molecule has 2 N–H and O–H groups in total. The molecule has 6 heteroatoms. The molecule has 1 saturated heterocycles. The minimum atomic E-state index is -1.06. The number of rotatable bonds is 7. The van der Waals surface area contributed by atoms with E-state index in [0.29, 0.717) is 12.8 Å². The monoisotopic (exact) mass is 318 g/mol. The number of nitrogens with one attached hydrogen (secondary N) is 1. The van der Waals surface area contributed by atoms with Gasteiger partial charge in [0.15, 0.2) is 0 Å². The van der Waals surface area contributed by atoms with Crippen molar-refractivity contribution in [2.75, 3.05) is 6.54 Å². The average Bonchev–Trinajstić information content (AvgIpc) is 2.75. The zero-order chi connectivity index (χ0) is 17.0. The predicted octanol–water partition coefficient (Wildman–Crippen LogP) is 2.27. The summed E-state index contributed by atoms with van der Waals surface area (Å²) in [5.74, 6) is -1.16. The van der Waals surface area contributed by atoms with E-state index in [9.17, 15) is 14.4 Å². The summed E-state index contributed by atoms with van der Waals surface area (Å²) >= 11 is 0. The fourth-order valence-corrected chi connectivity index (χ4v) is 2.72. The number of urea groups is 1. The number of aliphatic carboxylic acids is 1. The summed E-state index contributed by atoms with van der Waals surface area (Å²) in [7, 11) is 0. The second-order valence-corrected chi connectivity index (χ2v) is 5.91. The highest BCUT2D eigenvalue weighted by Crippen LogP contribution is 2.29. The van der Waals surface area contributed by atoms with E-state index in [4.69, 9.17) is 5.11 Å². The summed E-state index contributed by atoms with van der Waals surface area (Å²) in [5.41, 5.74) is 0.858. The third-order valence-corrected chi connectivity index (χ3v) is 4.24. The first-order chi connectivity index (χ1) is 10.9. The van der Waals surface area contributed by atoms with Gasteiger partial charge in [-0.15, -0.1) is 0 Å². The SMILES string of the molecule is CCc1ccc(C2(C)NC(=O)N(CCCCC(=O)O)C2=O)cc1.